The Kier molecular flexibility index (Phi) is 2.16. The summed E-state index contributed by atoms with van der Waals surface area (Å²) in [6, 6.07) is 5.20. The Labute approximate surface area is 97.4 Å². The lowest BCUT2D eigenvalue weighted by Crippen LogP contribution is -2.34. The summed E-state index contributed by atoms with van der Waals surface area (Å²) in [7, 11) is 1.77. The van der Waals surface area contributed by atoms with Crippen LogP contribution in [0.2, 0.25) is 0 Å². The van der Waals surface area contributed by atoms with Crippen LogP contribution in [0.25, 0.3) is 11.0 Å². The smallest absolute Gasteiger partial charge is 0.310 e. The molecule has 5 heteroatoms. The van der Waals surface area contributed by atoms with E-state index in [0.717, 1.165) is 11.0 Å². The summed E-state index contributed by atoms with van der Waals surface area (Å²) < 4.78 is 1.65. The van der Waals surface area contributed by atoms with Gasteiger partial charge in [-0.15, -0.1) is 0 Å². The van der Waals surface area contributed by atoms with Crippen LogP contribution in [-0.4, -0.2) is 28.4 Å². The molecule has 0 saturated heterocycles. The van der Waals surface area contributed by atoms with Crippen LogP contribution in [0.4, 0.5) is 0 Å². The Morgan fingerprint density at radius 3 is 3.00 bits per heavy atom. The van der Waals surface area contributed by atoms with E-state index < -0.39 is 0 Å². The van der Waals surface area contributed by atoms with Crippen LogP contribution >= 0.6 is 0 Å². The Morgan fingerprint density at radius 2 is 2.24 bits per heavy atom. The molecule has 2 aromatic rings. The zero-order valence-corrected chi connectivity index (χ0v) is 9.49. The maximum atomic E-state index is 12.3. The fourth-order valence-electron chi connectivity index (χ4n) is 2.48. The molecule has 17 heavy (non-hydrogen) atoms. The van der Waals surface area contributed by atoms with E-state index in [1.54, 1.807) is 23.7 Å². The largest absolute Gasteiger partial charge is 0.326 e. The molecule has 0 spiro atoms. The molecule has 88 valence electrons. The Morgan fingerprint density at radius 1 is 1.41 bits per heavy atom. The molecule has 0 aliphatic carbocycles. The van der Waals surface area contributed by atoms with Gasteiger partial charge in [0.05, 0.1) is 17.1 Å². The number of imidazole rings is 1. The van der Waals surface area contributed by atoms with Crippen molar-refractivity contribution >= 4 is 16.8 Å². The molecule has 0 fully saturated rings. The minimum absolute atomic E-state index is 0.0587. The minimum atomic E-state index is -0.208. The van der Waals surface area contributed by atoms with E-state index in [1.807, 2.05) is 6.07 Å². The second-order valence-corrected chi connectivity index (χ2v) is 4.28. The monoisotopic (exact) mass is 231 g/mol. The van der Waals surface area contributed by atoms with Gasteiger partial charge < -0.3 is 10.3 Å². The van der Waals surface area contributed by atoms with Gasteiger partial charge in [0.1, 0.15) is 0 Å². The number of nitrogens with zero attached hydrogens (tertiary/aromatic N) is 1. The molecule has 3 rings (SSSR count). The molecule has 1 aliphatic heterocycles. The number of aryl methyl sites for hydroxylation is 1. The number of ketones is 1. The van der Waals surface area contributed by atoms with Gasteiger partial charge in [-0.05, 0) is 25.6 Å². The third kappa shape index (κ3) is 1.36. The highest BCUT2D eigenvalue weighted by molar-refractivity contribution is 6.09. The highest BCUT2D eigenvalue weighted by atomic mass is 16.1. The standard InChI is InChI=1S/C12H13N3O2/c1-13-9-5-6-15-10-7(11(9)16)3-2-4-8(10)14-12(15)17/h2-4,9,13H,5-6H2,1H3,(H,14,17). The van der Waals surface area contributed by atoms with Crippen LogP contribution in [0, 0.1) is 0 Å². The minimum Gasteiger partial charge on any atom is -0.310 e. The molecule has 1 aromatic carbocycles. The number of likely N-dealkylation sites (N-methyl/N-ethyl adjacent to an activating group) is 1. The van der Waals surface area contributed by atoms with Gasteiger partial charge >= 0.3 is 5.69 Å². The topological polar surface area (TPSA) is 66.9 Å². The summed E-state index contributed by atoms with van der Waals surface area (Å²) in [5.74, 6) is 0.0587. The van der Waals surface area contributed by atoms with Crippen molar-refractivity contribution < 1.29 is 4.79 Å². The zero-order valence-electron chi connectivity index (χ0n) is 9.49. The van der Waals surface area contributed by atoms with Gasteiger partial charge in [0, 0.05) is 12.1 Å². The Balaban J connectivity index is 2.36. The van der Waals surface area contributed by atoms with Crippen molar-refractivity contribution in [1.29, 1.82) is 0 Å². The first-order chi connectivity index (χ1) is 8.22. The number of rotatable bonds is 1. The molecular weight excluding hydrogens is 218 g/mol. The lowest BCUT2D eigenvalue weighted by molar-refractivity contribution is 0.0945. The number of carbonyl (C=O) groups is 1. The van der Waals surface area contributed by atoms with Crippen molar-refractivity contribution in [1.82, 2.24) is 14.9 Å². The lowest BCUT2D eigenvalue weighted by atomic mass is 10.0. The number of benzene rings is 1. The fraction of sp³-hybridized carbons (Fsp3) is 0.333. The maximum Gasteiger partial charge on any atom is 0.326 e. The van der Waals surface area contributed by atoms with Crippen molar-refractivity contribution in [3.63, 3.8) is 0 Å². The predicted octanol–water partition coefficient (Wildman–Crippen LogP) is 0.504. The van der Waals surface area contributed by atoms with E-state index in [0.29, 0.717) is 18.5 Å². The van der Waals surface area contributed by atoms with Crippen molar-refractivity contribution in [3.05, 3.63) is 34.2 Å². The van der Waals surface area contributed by atoms with Gasteiger partial charge in [0.25, 0.3) is 0 Å². The molecule has 2 heterocycles. The first kappa shape index (κ1) is 10.3. The molecule has 0 radical (unpaired) electrons. The van der Waals surface area contributed by atoms with Gasteiger partial charge in [-0.25, -0.2) is 4.79 Å². The van der Waals surface area contributed by atoms with Crippen molar-refractivity contribution in [3.8, 4) is 0 Å². The molecule has 1 aromatic heterocycles. The summed E-state index contributed by atoms with van der Waals surface area (Å²) in [5.41, 5.74) is 1.95. The zero-order chi connectivity index (χ0) is 12.0. The number of Topliss-reactive ketones (excluding diaryl/α,β-unsaturated/α-hetero) is 1. The summed E-state index contributed by atoms with van der Waals surface area (Å²) >= 11 is 0. The number of para-hydroxylation sites is 1. The number of H-pyrrole nitrogens is 1. The summed E-state index contributed by atoms with van der Waals surface area (Å²) in [4.78, 5) is 26.8. The quantitative estimate of drug-likeness (QED) is 0.751. The van der Waals surface area contributed by atoms with Gasteiger partial charge in [0.2, 0.25) is 0 Å². The second-order valence-electron chi connectivity index (χ2n) is 4.28. The van der Waals surface area contributed by atoms with Crippen LogP contribution in [0.1, 0.15) is 16.8 Å². The van der Waals surface area contributed by atoms with E-state index in [2.05, 4.69) is 10.3 Å². The van der Waals surface area contributed by atoms with E-state index >= 15 is 0 Å². The SMILES string of the molecule is CNC1CCn2c(=O)[nH]c3cccc(c32)C1=O. The normalized spacial score (nSPS) is 19.6. The summed E-state index contributed by atoms with van der Waals surface area (Å²) in [6.45, 7) is 0.563. The average molecular weight is 231 g/mol. The number of aromatic nitrogens is 2. The van der Waals surface area contributed by atoms with Crippen molar-refractivity contribution in [2.75, 3.05) is 7.05 Å². The molecule has 1 aliphatic rings. The Hall–Kier alpha value is -1.88. The number of aromatic amines is 1. The molecule has 1 atom stereocenters. The molecule has 5 nitrogen and oxygen atoms in total. The van der Waals surface area contributed by atoms with Crippen LogP contribution < -0.4 is 11.0 Å². The molecular formula is C12H13N3O2. The fourth-order valence-corrected chi connectivity index (χ4v) is 2.48. The Bertz CT molecular complexity index is 653. The molecule has 1 unspecified atom stereocenters. The van der Waals surface area contributed by atoms with Crippen LogP contribution in [0.15, 0.2) is 23.0 Å². The molecule has 2 N–H and O–H groups in total. The van der Waals surface area contributed by atoms with Crippen LogP contribution in [0.3, 0.4) is 0 Å². The summed E-state index contributed by atoms with van der Waals surface area (Å²) in [5, 5.41) is 3.01. The first-order valence-electron chi connectivity index (χ1n) is 5.65. The third-order valence-electron chi connectivity index (χ3n) is 3.36. The molecule has 0 amide bonds. The van der Waals surface area contributed by atoms with Crippen LogP contribution in [-0.2, 0) is 6.54 Å². The number of hydrogen-bond donors (Lipinski definition) is 2. The number of carbonyl (C=O) groups excluding carboxylic acids is 1. The van der Waals surface area contributed by atoms with Crippen molar-refractivity contribution in [2.45, 2.75) is 19.0 Å². The van der Waals surface area contributed by atoms with E-state index in [-0.39, 0.29) is 17.5 Å². The van der Waals surface area contributed by atoms with Crippen molar-refractivity contribution in [2.24, 2.45) is 0 Å². The van der Waals surface area contributed by atoms with Gasteiger partial charge in [-0.1, -0.05) is 6.07 Å². The highest BCUT2D eigenvalue weighted by Crippen LogP contribution is 2.21. The average Bonchev–Trinajstić information content (AvgIpc) is 2.56. The van der Waals surface area contributed by atoms with Gasteiger partial charge in [0.15, 0.2) is 5.78 Å². The van der Waals surface area contributed by atoms with Gasteiger partial charge in [-0.3, -0.25) is 9.36 Å². The van der Waals surface area contributed by atoms with Crippen LogP contribution in [0.5, 0.6) is 0 Å². The number of hydrogen-bond acceptors (Lipinski definition) is 3. The lowest BCUT2D eigenvalue weighted by Gasteiger charge is -2.11. The van der Waals surface area contributed by atoms with E-state index in [1.165, 1.54) is 0 Å². The van der Waals surface area contributed by atoms with E-state index in [4.69, 9.17) is 0 Å². The summed E-state index contributed by atoms with van der Waals surface area (Å²) in [6.07, 6.45) is 0.636. The molecule has 0 bridgehead atoms. The first-order valence-corrected chi connectivity index (χ1v) is 5.65. The van der Waals surface area contributed by atoms with E-state index in [9.17, 15) is 9.59 Å². The third-order valence-corrected chi connectivity index (χ3v) is 3.36. The predicted molar refractivity (Wildman–Crippen MR) is 64.4 cm³/mol. The molecule has 0 saturated carbocycles. The maximum absolute atomic E-state index is 12.3. The highest BCUT2D eigenvalue weighted by Gasteiger charge is 2.26. The second kappa shape index (κ2) is 3.56. The number of nitrogens with one attached hydrogen (secondary N) is 2. The van der Waals surface area contributed by atoms with Gasteiger partial charge in [-0.2, -0.15) is 0 Å².